The fourth-order valence-electron chi connectivity index (χ4n) is 2.05. The van der Waals surface area contributed by atoms with Gasteiger partial charge in [0.25, 0.3) is 0 Å². The summed E-state index contributed by atoms with van der Waals surface area (Å²) >= 11 is 6.21. The van der Waals surface area contributed by atoms with Gasteiger partial charge in [-0.3, -0.25) is 0 Å². The highest BCUT2D eigenvalue weighted by molar-refractivity contribution is 6.30. The second-order valence-corrected chi connectivity index (χ2v) is 5.06. The highest BCUT2D eigenvalue weighted by atomic mass is 35.5. The van der Waals surface area contributed by atoms with Crippen molar-refractivity contribution < 1.29 is 0 Å². The third-order valence-corrected chi connectivity index (χ3v) is 3.61. The first-order valence-electron chi connectivity index (χ1n) is 6.78. The number of aromatic nitrogens is 2. The molecule has 0 bridgehead atoms. The van der Waals surface area contributed by atoms with Crippen LogP contribution in [-0.2, 0) is 12.8 Å². The van der Waals surface area contributed by atoms with Gasteiger partial charge in [0, 0.05) is 17.5 Å². The Hall–Kier alpha value is -1.41. The van der Waals surface area contributed by atoms with Crippen LogP contribution in [0, 0.1) is 6.92 Å². The summed E-state index contributed by atoms with van der Waals surface area (Å²) in [5.74, 6) is 0.827. The van der Waals surface area contributed by atoms with Crippen molar-refractivity contribution in [2.75, 3.05) is 0 Å². The number of aryl methyl sites for hydroxylation is 2. The zero-order valence-corrected chi connectivity index (χ0v) is 12.5. The molecule has 0 saturated carbocycles. The first-order chi connectivity index (χ1) is 9.15. The van der Waals surface area contributed by atoms with Gasteiger partial charge in [-0.05, 0) is 25.3 Å². The maximum atomic E-state index is 6.21. The Kier molecular flexibility index (Phi) is 4.54. The van der Waals surface area contributed by atoms with Crippen molar-refractivity contribution in [1.82, 2.24) is 9.97 Å². The third-order valence-electron chi connectivity index (χ3n) is 3.24. The lowest BCUT2D eigenvalue weighted by atomic mass is 10.0. The van der Waals surface area contributed by atoms with Gasteiger partial charge in [0.05, 0.1) is 5.69 Å². The summed E-state index contributed by atoms with van der Waals surface area (Å²) in [5, 5.41) is 0.563. The van der Waals surface area contributed by atoms with E-state index in [4.69, 9.17) is 11.6 Å². The van der Waals surface area contributed by atoms with Crippen LogP contribution in [0.5, 0.6) is 0 Å². The lowest BCUT2D eigenvalue weighted by Crippen LogP contribution is -2.00. The molecule has 1 heterocycles. The summed E-state index contributed by atoms with van der Waals surface area (Å²) in [6.07, 6.45) is 2.93. The van der Waals surface area contributed by atoms with Gasteiger partial charge in [-0.25, -0.2) is 9.97 Å². The maximum absolute atomic E-state index is 6.21. The van der Waals surface area contributed by atoms with Crippen LogP contribution in [0.2, 0.25) is 5.15 Å². The van der Waals surface area contributed by atoms with E-state index in [-0.39, 0.29) is 0 Å². The van der Waals surface area contributed by atoms with E-state index < -0.39 is 0 Å². The normalized spacial score (nSPS) is 10.7. The Morgan fingerprint density at radius 3 is 2.32 bits per heavy atom. The summed E-state index contributed by atoms with van der Waals surface area (Å²) in [5.41, 5.74) is 4.34. The van der Waals surface area contributed by atoms with Crippen LogP contribution < -0.4 is 0 Å². The average molecular weight is 275 g/mol. The SMILES string of the molecule is CCCc1nc(Cl)c(C)c(-c2ccc(CC)cc2)n1. The van der Waals surface area contributed by atoms with Crippen LogP contribution in [-0.4, -0.2) is 9.97 Å². The van der Waals surface area contributed by atoms with Crippen LogP contribution in [0.15, 0.2) is 24.3 Å². The highest BCUT2D eigenvalue weighted by Crippen LogP contribution is 2.26. The first-order valence-corrected chi connectivity index (χ1v) is 7.15. The molecule has 19 heavy (non-hydrogen) atoms. The smallest absolute Gasteiger partial charge is 0.136 e. The minimum atomic E-state index is 0.563. The predicted octanol–water partition coefficient (Wildman–Crippen LogP) is 4.62. The molecule has 1 aromatic heterocycles. The number of rotatable bonds is 4. The van der Waals surface area contributed by atoms with Gasteiger partial charge in [0.15, 0.2) is 0 Å². The Labute approximate surface area is 119 Å². The van der Waals surface area contributed by atoms with Crippen molar-refractivity contribution >= 4 is 11.6 Å². The second-order valence-electron chi connectivity index (χ2n) is 4.70. The molecule has 2 nitrogen and oxygen atoms in total. The first kappa shape index (κ1) is 14.0. The number of halogens is 1. The molecule has 0 N–H and O–H groups in total. The quantitative estimate of drug-likeness (QED) is 0.760. The van der Waals surface area contributed by atoms with Crippen LogP contribution >= 0.6 is 11.6 Å². The van der Waals surface area contributed by atoms with Crippen molar-refractivity contribution in [2.24, 2.45) is 0 Å². The van der Waals surface area contributed by atoms with Crippen molar-refractivity contribution in [2.45, 2.75) is 40.0 Å². The molecule has 0 fully saturated rings. The molecular formula is C16H19ClN2. The van der Waals surface area contributed by atoms with Gasteiger partial charge in [0.2, 0.25) is 0 Å². The van der Waals surface area contributed by atoms with E-state index in [0.29, 0.717) is 5.15 Å². The molecule has 0 spiro atoms. The zero-order valence-electron chi connectivity index (χ0n) is 11.7. The molecule has 2 rings (SSSR count). The molecule has 2 aromatic rings. The van der Waals surface area contributed by atoms with Crippen LogP contribution in [0.4, 0.5) is 0 Å². The van der Waals surface area contributed by atoms with Gasteiger partial charge in [-0.2, -0.15) is 0 Å². The van der Waals surface area contributed by atoms with Gasteiger partial charge in [-0.1, -0.05) is 49.7 Å². The van der Waals surface area contributed by atoms with E-state index >= 15 is 0 Å². The largest absolute Gasteiger partial charge is 0.233 e. The lowest BCUT2D eigenvalue weighted by Gasteiger charge is -2.09. The summed E-state index contributed by atoms with van der Waals surface area (Å²) < 4.78 is 0. The number of hydrogen-bond acceptors (Lipinski definition) is 2. The molecule has 0 aliphatic rings. The van der Waals surface area contributed by atoms with Crippen molar-refractivity contribution in [3.8, 4) is 11.3 Å². The third kappa shape index (κ3) is 3.13. The number of nitrogens with zero attached hydrogens (tertiary/aromatic N) is 2. The minimum absolute atomic E-state index is 0.563. The molecule has 0 aliphatic heterocycles. The van der Waals surface area contributed by atoms with Crippen molar-refractivity contribution in [3.63, 3.8) is 0 Å². The Bertz CT molecular complexity index is 562. The van der Waals surface area contributed by atoms with Crippen LogP contribution in [0.25, 0.3) is 11.3 Å². The lowest BCUT2D eigenvalue weighted by molar-refractivity contribution is 0.833. The molecule has 0 amide bonds. The second kappa shape index (κ2) is 6.16. The van der Waals surface area contributed by atoms with Gasteiger partial charge in [-0.15, -0.1) is 0 Å². The van der Waals surface area contributed by atoms with E-state index in [9.17, 15) is 0 Å². The van der Waals surface area contributed by atoms with E-state index in [0.717, 1.165) is 41.9 Å². The average Bonchev–Trinajstić information content (AvgIpc) is 2.43. The molecular weight excluding hydrogens is 256 g/mol. The fourth-order valence-corrected chi connectivity index (χ4v) is 2.23. The summed E-state index contributed by atoms with van der Waals surface area (Å²) in [6.45, 7) is 6.25. The molecule has 1 aromatic carbocycles. The maximum Gasteiger partial charge on any atom is 0.136 e. The topological polar surface area (TPSA) is 25.8 Å². The number of benzene rings is 1. The molecule has 0 saturated heterocycles. The molecule has 0 atom stereocenters. The van der Waals surface area contributed by atoms with Crippen molar-refractivity contribution in [3.05, 3.63) is 46.4 Å². The summed E-state index contributed by atoms with van der Waals surface area (Å²) in [7, 11) is 0. The predicted molar refractivity (Wildman–Crippen MR) is 80.6 cm³/mol. The monoisotopic (exact) mass is 274 g/mol. The van der Waals surface area contributed by atoms with Gasteiger partial charge < -0.3 is 0 Å². The van der Waals surface area contributed by atoms with Gasteiger partial charge in [0.1, 0.15) is 11.0 Å². The van der Waals surface area contributed by atoms with Crippen molar-refractivity contribution in [1.29, 1.82) is 0 Å². The number of hydrogen-bond donors (Lipinski definition) is 0. The molecule has 100 valence electrons. The molecule has 0 aliphatic carbocycles. The molecule has 0 radical (unpaired) electrons. The Balaban J connectivity index is 2.47. The molecule has 3 heteroatoms. The zero-order chi connectivity index (χ0) is 13.8. The highest BCUT2D eigenvalue weighted by Gasteiger charge is 2.10. The van der Waals surface area contributed by atoms with E-state index in [2.05, 4.69) is 48.1 Å². The van der Waals surface area contributed by atoms with Crippen LogP contribution in [0.1, 0.15) is 37.2 Å². The van der Waals surface area contributed by atoms with Gasteiger partial charge >= 0.3 is 0 Å². The molecule has 0 unspecified atom stereocenters. The summed E-state index contributed by atoms with van der Waals surface area (Å²) in [6, 6.07) is 8.51. The fraction of sp³-hybridized carbons (Fsp3) is 0.375. The Morgan fingerprint density at radius 1 is 1.05 bits per heavy atom. The van der Waals surface area contributed by atoms with E-state index in [1.807, 2.05) is 6.92 Å². The Morgan fingerprint density at radius 2 is 1.74 bits per heavy atom. The van der Waals surface area contributed by atoms with Crippen LogP contribution in [0.3, 0.4) is 0 Å². The van der Waals surface area contributed by atoms with E-state index in [1.165, 1.54) is 5.56 Å². The summed E-state index contributed by atoms with van der Waals surface area (Å²) in [4.78, 5) is 8.99. The minimum Gasteiger partial charge on any atom is -0.233 e. The standard InChI is InChI=1S/C16H19ClN2/c1-4-6-14-18-15(11(3)16(17)19-14)13-9-7-12(5-2)8-10-13/h7-10H,4-6H2,1-3H3. The van der Waals surface area contributed by atoms with E-state index in [1.54, 1.807) is 0 Å².